The van der Waals surface area contributed by atoms with Crippen molar-refractivity contribution < 1.29 is 9.47 Å². The summed E-state index contributed by atoms with van der Waals surface area (Å²) in [6.07, 6.45) is 7.01. The fourth-order valence-electron chi connectivity index (χ4n) is 4.08. The van der Waals surface area contributed by atoms with E-state index in [0.29, 0.717) is 12.2 Å². The van der Waals surface area contributed by atoms with E-state index in [0.717, 1.165) is 36.5 Å². The van der Waals surface area contributed by atoms with Crippen LogP contribution in [0.25, 0.3) is 0 Å². The lowest BCUT2D eigenvalue weighted by atomic mass is 9.65. The zero-order valence-electron chi connectivity index (χ0n) is 15.1. The Bertz CT molecular complexity index is 642. The van der Waals surface area contributed by atoms with Crippen molar-refractivity contribution >= 4 is 29.9 Å². The summed E-state index contributed by atoms with van der Waals surface area (Å²) >= 11 is 0. The van der Waals surface area contributed by atoms with E-state index in [9.17, 15) is 0 Å². The van der Waals surface area contributed by atoms with Crippen LogP contribution in [0.5, 0.6) is 11.5 Å². The largest absolute Gasteiger partial charge is 0.454 e. The fourth-order valence-corrected chi connectivity index (χ4v) is 4.08. The van der Waals surface area contributed by atoms with E-state index in [1.165, 1.54) is 37.7 Å². The number of fused-ring (bicyclic) bond motifs is 1. The van der Waals surface area contributed by atoms with Gasteiger partial charge in [0.15, 0.2) is 17.5 Å². The van der Waals surface area contributed by atoms with Crippen molar-refractivity contribution in [3.05, 3.63) is 23.8 Å². The van der Waals surface area contributed by atoms with Crippen LogP contribution in [0.4, 0.5) is 0 Å². The number of guanidine groups is 1. The van der Waals surface area contributed by atoms with Crippen LogP contribution in [-0.2, 0) is 6.54 Å². The topological polar surface area (TPSA) is 46.1 Å². The second kappa shape index (κ2) is 7.60. The zero-order chi connectivity index (χ0) is 16.6. The minimum absolute atomic E-state index is 0. The molecule has 2 fully saturated rings. The highest BCUT2D eigenvalue weighted by molar-refractivity contribution is 14.0. The smallest absolute Gasteiger partial charge is 0.231 e. The van der Waals surface area contributed by atoms with Crippen LogP contribution in [0.2, 0.25) is 0 Å². The summed E-state index contributed by atoms with van der Waals surface area (Å²) in [5, 5.41) is 3.63. The zero-order valence-corrected chi connectivity index (χ0v) is 17.4. The SMILES string of the molecule is CN=C(NCC1(C2CC2)CCC1)N(C)Cc1ccc2c(c1)OCO2.I. The van der Waals surface area contributed by atoms with Gasteiger partial charge in [-0.25, -0.2) is 0 Å². The van der Waals surface area contributed by atoms with Gasteiger partial charge in [0.25, 0.3) is 0 Å². The molecule has 138 valence electrons. The first kappa shape index (κ1) is 18.6. The molecule has 0 saturated heterocycles. The average Bonchev–Trinajstić information content (AvgIpc) is 3.27. The molecular weight excluding hydrogens is 429 g/mol. The van der Waals surface area contributed by atoms with E-state index in [4.69, 9.17) is 9.47 Å². The highest BCUT2D eigenvalue weighted by Gasteiger charge is 2.48. The van der Waals surface area contributed by atoms with Gasteiger partial charge < -0.3 is 19.7 Å². The molecule has 0 bridgehead atoms. The van der Waals surface area contributed by atoms with Crippen LogP contribution in [-0.4, -0.2) is 38.3 Å². The van der Waals surface area contributed by atoms with Gasteiger partial charge >= 0.3 is 0 Å². The van der Waals surface area contributed by atoms with E-state index >= 15 is 0 Å². The van der Waals surface area contributed by atoms with Gasteiger partial charge in [0.05, 0.1) is 0 Å². The molecular formula is C19H28IN3O2. The Kier molecular flexibility index (Phi) is 5.65. The van der Waals surface area contributed by atoms with Gasteiger partial charge in [-0.1, -0.05) is 12.5 Å². The normalized spacial score (nSPS) is 20.5. The monoisotopic (exact) mass is 457 g/mol. The molecule has 0 amide bonds. The van der Waals surface area contributed by atoms with Crippen molar-refractivity contribution in [1.29, 1.82) is 0 Å². The van der Waals surface area contributed by atoms with Crippen molar-refractivity contribution in [2.24, 2.45) is 16.3 Å². The first-order valence-electron chi connectivity index (χ1n) is 9.00. The number of hydrogen-bond acceptors (Lipinski definition) is 3. The second-order valence-corrected chi connectivity index (χ2v) is 7.43. The minimum atomic E-state index is 0. The van der Waals surface area contributed by atoms with Crippen molar-refractivity contribution in [3.8, 4) is 11.5 Å². The number of halogens is 1. The lowest BCUT2D eigenvalue weighted by molar-refractivity contribution is 0.105. The van der Waals surface area contributed by atoms with Gasteiger partial charge in [-0.3, -0.25) is 4.99 Å². The van der Waals surface area contributed by atoms with Gasteiger partial charge in [-0.15, -0.1) is 24.0 Å². The summed E-state index contributed by atoms with van der Waals surface area (Å²) in [7, 11) is 3.95. The Morgan fingerprint density at radius 1 is 1.28 bits per heavy atom. The summed E-state index contributed by atoms with van der Waals surface area (Å²) in [5.41, 5.74) is 1.75. The molecule has 0 aromatic heterocycles. The molecule has 0 unspecified atom stereocenters. The third-order valence-electron chi connectivity index (χ3n) is 5.82. The fraction of sp³-hybridized carbons (Fsp3) is 0.632. The molecule has 4 rings (SSSR count). The molecule has 1 aliphatic heterocycles. The summed E-state index contributed by atoms with van der Waals surface area (Å²) in [5.74, 6) is 3.60. The Balaban J connectivity index is 0.00000182. The molecule has 1 N–H and O–H groups in total. The molecule has 0 spiro atoms. The van der Waals surface area contributed by atoms with Gasteiger partial charge in [0, 0.05) is 27.2 Å². The van der Waals surface area contributed by atoms with Gasteiger partial charge in [0.2, 0.25) is 6.79 Å². The van der Waals surface area contributed by atoms with Crippen molar-refractivity contribution in [3.63, 3.8) is 0 Å². The lowest BCUT2D eigenvalue weighted by Gasteiger charge is -2.43. The lowest BCUT2D eigenvalue weighted by Crippen LogP contribution is -2.47. The molecule has 25 heavy (non-hydrogen) atoms. The molecule has 0 radical (unpaired) electrons. The van der Waals surface area contributed by atoms with Crippen LogP contribution in [0, 0.1) is 11.3 Å². The number of aliphatic imine (C=N–C) groups is 1. The molecule has 5 nitrogen and oxygen atoms in total. The molecule has 6 heteroatoms. The first-order valence-corrected chi connectivity index (χ1v) is 9.00. The summed E-state index contributed by atoms with van der Waals surface area (Å²) in [6, 6.07) is 6.14. The third kappa shape index (κ3) is 3.83. The van der Waals surface area contributed by atoms with Crippen molar-refractivity contribution in [2.75, 3.05) is 27.4 Å². The third-order valence-corrected chi connectivity index (χ3v) is 5.82. The number of benzene rings is 1. The number of ether oxygens (including phenoxy) is 2. The Labute approximate surface area is 167 Å². The summed E-state index contributed by atoms with van der Waals surface area (Å²) in [4.78, 5) is 6.65. The highest BCUT2D eigenvalue weighted by atomic mass is 127. The molecule has 2 aliphatic carbocycles. The predicted octanol–water partition coefficient (Wildman–Crippen LogP) is 3.62. The number of hydrogen-bond donors (Lipinski definition) is 1. The second-order valence-electron chi connectivity index (χ2n) is 7.43. The summed E-state index contributed by atoms with van der Waals surface area (Å²) < 4.78 is 10.8. The van der Waals surface area contributed by atoms with Crippen molar-refractivity contribution in [2.45, 2.75) is 38.6 Å². The molecule has 1 aromatic rings. The Morgan fingerprint density at radius 2 is 2.04 bits per heavy atom. The Hall–Kier alpha value is -1.18. The number of nitrogens with one attached hydrogen (secondary N) is 1. The Morgan fingerprint density at radius 3 is 2.68 bits per heavy atom. The van der Waals surface area contributed by atoms with E-state index in [1.807, 2.05) is 13.1 Å². The standard InChI is InChI=1S/C19H27N3O2.HI/c1-20-18(21-12-19(8-3-9-19)15-5-6-15)22(2)11-14-4-7-16-17(10-14)24-13-23-16;/h4,7,10,15H,3,5-6,8-9,11-13H2,1-2H3,(H,20,21);1H. The van der Waals surface area contributed by atoms with E-state index in [2.05, 4.69) is 34.4 Å². The van der Waals surface area contributed by atoms with E-state index in [-0.39, 0.29) is 24.0 Å². The maximum absolute atomic E-state index is 5.47. The predicted molar refractivity (Wildman–Crippen MR) is 110 cm³/mol. The van der Waals surface area contributed by atoms with Gasteiger partial charge in [0.1, 0.15) is 0 Å². The van der Waals surface area contributed by atoms with Gasteiger partial charge in [-0.05, 0) is 54.7 Å². The highest BCUT2D eigenvalue weighted by Crippen LogP contribution is 2.56. The molecule has 0 atom stereocenters. The maximum Gasteiger partial charge on any atom is 0.231 e. The van der Waals surface area contributed by atoms with Crippen LogP contribution >= 0.6 is 24.0 Å². The van der Waals surface area contributed by atoms with E-state index in [1.54, 1.807) is 0 Å². The molecule has 2 saturated carbocycles. The van der Waals surface area contributed by atoms with Crippen LogP contribution in [0.3, 0.4) is 0 Å². The van der Waals surface area contributed by atoms with E-state index < -0.39 is 0 Å². The van der Waals surface area contributed by atoms with Crippen LogP contribution < -0.4 is 14.8 Å². The first-order chi connectivity index (χ1) is 11.7. The van der Waals surface area contributed by atoms with Crippen molar-refractivity contribution in [1.82, 2.24) is 10.2 Å². The molecule has 1 aromatic carbocycles. The summed E-state index contributed by atoms with van der Waals surface area (Å²) in [6.45, 7) is 2.18. The minimum Gasteiger partial charge on any atom is -0.454 e. The quantitative estimate of drug-likeness (QED) is 0.417. The average molecular weight is 457 g/mol. The molecule has 1 heterocycles. The number of rotatable bonds is 5. The van der Waals surface area contributed by atoms with Crippen LogP contribution in [0.15, 0.2) is 23.2 Å². The number of nitrogens with zero attached hydrogens (tertiary/aromatic N) is 2. The molecule has 3 aliphatic rings. The van der Waals surface area contributed by atoms with Crippen LogP contribution in [0.1, 0.15) is 37.7 Å². The van der Waals surface area contributed by atoms with Gasteiger partial charge in [-0.2, -0.15) is 0 Å². The maximum atomic E-state index is 5.47.